The zero-order chi connectivity index (χ0) is 24.4. The van der Waals surface area contributed by atoms with Crippen molar-refractivity contribution in [3.63, 3.8) is 0 Å². The molecule has 0 radical (unpaired) electrons. The average Bonchev–Trinajstić information content (AvgIpc) is 2.78. The van der Waals surface area contributed by atoms with E-state index < -0.39 is 6.04 Å². The summed E-state index contributed by atoms with van der Waals surface area (Å²) in [5, 5.41) is 3.75. The fourth-order valence-electron chi connectivity index (χ4n) is 3.38. The number of likely N-dealkylation sites (N-methyl/N-ethyl adjacent to an activating group) is 1. The quantitative estimate of drug-likeness (QED) is 0.435. The summed E-state index contributed by atoms with van der Waals surface area (Å²) in [5.41, 5.74) is 1.68. The Morgan fingerprint density at radius 1 is 1.00 bits per heavy atom. The highest BCUT2D eigenvalue weighted by Gasteiger charge is 2.26. The number of aryl methyl sites for hydroxylation is 1. The monoisotopic (exact) mass is 494 g/mol. The van der Waals surface area contributed by atoms with E-state index in [4.69, 9.17) is 32.7 Å². The van der Waals surface area contributed by atoms with Gasteiger partial charge in [-0.3, -0.25) is 9.59 Å². The number of benzene rings is 2. The first-order valence-corrected chi connectivity index (χ1v) is 12.0. The summed E-state index contributed by atoms with van der Waals surface area (Å²) in [5.74, 6) is 0.977. The highest BCUT2D eigenvalue weighted by atomic mass is 35.5. The van der Waals surface area contributed by atoms with E-state index in [1.807, 2.05) is 39.0 Å². The van der Waals surface area contributed by atoms with E-state index in [1.165, 1.54) is 0 Å². The van der Waals surface area contributed by atoms with Crippen molar-refractivity contribution < 1.29 is 19.1 Å². The molecular weight excluding hydrogens is 463 g/mol. The molecule has 6 nitrogen and oxygen atoms in total. The van der Waals surface area contributed by atoms with Crippen LogP contribution < -0.4 is 14.8 Å². The molecule has 1 N–H and O–H groups in total. The minimum Gasteiger partial charge on any atom is -0.490 e. The van der Waals surface area contributed by atoms with Gasteiger partial charge in [-0.05, 0) is 69.5 Å². The zero-order valence-corrected chi connectivity index (χ0v) is 21.1. The number of nitrogens with zero attached hydrogens (tertiary/aromatic N) is 1. The number of halogens is 2. The van der Waals surface area contributed by atoms with Gasteiger partial charge in [0.05, 0.1) is 13.2 Å². The van der Waals surface area contributed by atoms with Crippen LogP contribution in [0.2, 0.25) is 10.0 Å². The van der Waals surface area contributed by atoms with Crippen LogP contribution >= 0.6 is 23.2 Å². The molecule has 0 saturated heterocycles. The van der Waals surface area contributed by atoms with Crippen molar-refractivity contribution in [3.05, 3.63) is 57.6 Å². The van der Waals surface area contributed by atoms with Crippen LogP contribution in [0.5, 0.6) is 11.5 Å². The van der Waals surface area contributed by atoms with E-state index in [1.54, 1.807) is 30.0 Å². The molecule has 0 heterocycles. The average molecular weight is 495 g/mol. The molecule has 1 atom stereocenters. The molecule has 2 aromatic carbocycles. The molecular formula is C25H32Cl2N2O4. The van der Waals surface area contributed by atoms with Crippen molar-refractivity contribution in [2.75, 3.05) is 19.8 Å². The highest BCUT2D eigenvalue weighted by molar-refractivity contribution is 6.35. The van der Waals surface area contributed by atoms with E-state index >= 15 is 0 Å². The van der Waals surface area contributed by atoms with Gasteiger partial charge in [0.15, 0.2) is 11.5 Å². The highest BCUT2D eigenvalue weighted by Crippen LogP contribution is 2.29. The number of carbonyl (C=O) groups excluding carboxylic acids is 2. The number of hydrogen-bond acceptors (Lipinski definition) is 4. The van der Waals surface area contributed by atoms with Crippen molar-refractivity contribution >= 4 is 35.0 Å². The number of ether oxygens (including phenoxy) is 2. The Hall–Kier alpha value is -2.44. The standard InChI is InChI=1S/C25H32Cl2N2O4/c1-5-28-25(31)17(4)29(16-19-10-11-20(26)15-21(19)27)24(30)13-9-18-8-12-22(32-6-2)23(14-18)33-7-3/h8,10-12,14-15,17H,5-7,9,13,16H2,1-4H3,(H,28,31). The van der Waals surface area contributed by atoms with Crippen LogP contribution in [-0.2, 0) is 22.6 Å². The summed E-state index contributed by atoms with van der Waals surface area (Å²) in [4.78, 5) is 27.3. The summed E-state index contributed by atoms with van der Waals surface area (Å²) in [6.45, 7) is 9.14. The van der Waals surface area contributed by atoms with Crippen LogP contribution in [0.25, 0.3) is 0 Å². The van der Waals surface area contributed by atoms with Crippen molar-refractivity contribution in [2.45, 2.75) is 53.1 Å². The van der Waals surface area contributed by atoms with Crippen LogP contribution in [0.3, 0.4) is 0 Å². The Morgan fingerprint density at radius 3 is 2.33 bits per heavy atom. The summed E-state index contributed by atoms with van der Waals surface area (Å²) in [6.07, 6.45) is 0.729. The molecule has 0 bridgehead atoms. The van der Waals surface area contributed by atoms with Crippen LogP contribution in [0.4, 0.5) is 0 Å². The molecule has 0 aliphatic rings. The summed E-state index contributed by atoms with van der Waals surface area (Å²) in [7, 11) is 0. The molecule has 1 unspecified atom stereocenters. The SMILES string of the molecule is CCNC(=O)C(C)N(Cc1ccc(Cl)cc1Cl)C(=O)CCc1ccc(OCC)c(OCC)c1. The Labute approximate surface area is 206 Å². The van der Waals surface area contributed by atoms with Crippen LogP contribution in [0, 0.1) is 0 Å². The third-order valence-corrected chi connectivity index (χ3v) is 5.70. The minimum atomic E-state index is -0.650. The van der Waals surface area contributed by atoms with Gasteiger partial charge in [-0.15, -0.1) is 0 Å². The third-order valence-electron chi connectivity index (χ3n) is 5.11. The second-order valence-electron chi connectivity index (χ2n) is 7.48. The lowest BCUT2D eigenvalue weighted by Gasteiger charge is -2.29. The van der Waals surface area contributed by atoms with Crippen molar-refractivity contribution in [2.24, 2.45) is 0 Å². The third kappa shape index (κ3) is 7.83. The maximum atomic E-state index is 13.3. The lowest BCUT2D eigenvalue weighted by molar-refractivity contribution is -0.140. The Kier molecular flexibility index (Phi) is 10.8. The van der Waals surface area contributed by atoms with Gasteiger partial charge in [-0.1, -0.05) is 35.3 Å². The first-order chi connectivity index (χ1) is 15.8. The molecule has 0 aliphatic heterocycles. The molecule has 8 heteroatoms. The van der Waals surface area contributed by atoms with Gasteiger partial charge in [-0.25, -0.2) is 0 Å². The van der Waals surface area contributed by atoms with E-state index in [-0.39, 0.29) is 24.8 Å². The number of nitrogens with one attached hydrogen (secondary N) is 1. The number of rotatable bonds is 12. The molecule has 0 aliphatic carbocycles. The van der Waals surface area contributed by atoms with Gasteiger partial charge in [-0.2, -0.15) is 0 Å². The van der Waals surface area contributed by atoms with Gasteiger partial charge in [0.2, 0.25) is 11.8 Å². The van der Waals surface area contributed by atoms with Gasteiger partial charge >= 0.3 is 0 Å². The van der Waals surface area contributed by atoms with E-state index in [0.29, 0.717) is 47.7 Å². The predicted molar refractivity (Wildman–Crippen MR) is 132 cm³/mol. The second kappa shape index (κ2) is 13.3. The maximum absolute atomic E-state index is 13.3. The fraction of sp³-hybridized carbons (Fsp3) is 0.440. The van der Waals surface area contributed by atoms with E-state index in [0.717, 1.165) is 11.1 Å². The topological polar surface area (TPSA) is 67.9 Å². The van der Waals surface area contributed by atoms with Crippen molar-refractivity contribution in [1.82, 2.24) is 10.2 Å². The summed E-state index contributed by atoms with van der Waals surface area (Å²) < 4.78 is 11.3. The summed E-state index contributed by atoms with van der Waals surface area (Å²) in [6, 6.07) is 10.2. The maximum Gasteiger partial charge on any atom is 0.242 e. The first kappa shape index (κ1) is 26.8. The smallest absolute Gasteiger partial charge is 0.242 e. The fourth-order valence-corrected chi connectivity index (χ4v) is 3.85. The number of carbonyl (C=O) groups is 2. The lowest BCUT2D eigenvalue weighted by atomic mass is 10.1. The van der Waals surface area contributed by atoms with Gasteiger partial charge in [0.25, 0.3) is 0 Å². The van der Waals surface area contributed by atoms with E-state index in [9.17, 15) is 9.59 Å². The van der Waals surface area contributed by atoms with Crippen molar-refractivity contribution in [1.29, 1.82) is 0 Å². The first-order valence-electron chi connectivity index (χ1n) is 11.2. The predicted octanol–water partition coefficient (Wildman–Crippen LogP) is 5.28. The molecule has 33 heavy (non-hydrogen) atoms. The number of amides is 2. The van der Waals surface area contributed by atoms with Gasteiger partial charge < -0.3 is 19.7 Å². The normalized spacial score (nSPS) is 11.6. The van der Waals surface area contributed by atoms with Crippen molar-refractivity contribution in [3.8, 4) is 11.5 Å². The molecule has 2 rings (SSSR count). The lowest BCUT2D eigenvalue weighted by Crippen LogP contribution is -2.47. The zero-order valence-electron chi connectivity index (χ0n) is 19.6. The van der Waals surface area contributed by atoms with E-state index in [2.05, 4.69) is 5.32 Å². The van der Waals surface area contributed by atoms with Gasteiger partial charge in [0.1, 0.15) is 6.04 Å². The molecule has 0 aromatic heterocycles. The minimum absolute atomic E-state index is 0.147. The molecule has 0 spiro atoms. The largest absolute Gasteiger partial charge is 0.490 e. The summed E-state index contributed by atoms with van der Waals surface area (Å²) >= 11 is 12.3. The number of hydrogen-bond donors (Lipinski definition) is 1. The van der Waals surface area contributed by atoms with Crippen LogP contribution in [0.1, 0.15) is 45.2 Å². The van der Waals surface area contributed by atoms with Crippen LogP contribution in [-0.4, -0.2) is 42.5 Å². The van der Waals surface area contributed by atoms with Crippen LogP contribution in [0.15, 0.2) is 36.4 Å². The Morgan fingerprint density at radius 2 is 1.70 bits per heavy atom. The molecule has 0 saturated carbocycles. The second-order valence-corrected chi connectivity index (χ2v) is 8.32. The molecule has 180 valence electrons. The molecule has 0 fully saturated rings. The Bertz CT molecular complexity index is 952. The molecule has 2 aromatic rings. The van der Waals surface area contributed by atoms with Gasteiger partial charge in [0, 0.05) is 29.6 Å². The Balaban J connectivity index is 2.20. The molecule has 2 amide bonds.